The fourth-order valence-electron chi connectivity index (χ4n) is 1.93. The highest BCUT2D eigenvalue weighted by Gasteiger charge is 2.16. The van der Waals surface area contributed by atoms with Crippen molar-refractivity contribution in [1.82, 2.24) is 4.72 Å². The first-order chi connectivity index (χ1) is 12.2. The highest BCUT2D eigenvalue weighted by molar-refractivity contribution is 7.89. The summed E-state index contributed by atoms with van der Waals surface area (Å²) in [6, 6.07) is 8.97. The molecule has 2 aromatic rings. The maximum absolute atomic E-state index is 12.1. The molecule has 11 heteroatoms. The number of nitrogens with zero attached hydrogens (tertiary/aromatic N) is 1. The lowest BCUT2D eigenvalue weighted by molar-refractivity contribution is -0.384. The molecule has 0 unspecified atom stereocenters. The number of benzene rings is 2. The van der Waals surface area contributed by atoms with Crippen LogP contribution in [0.5, 0.6) is 0 Å². The van der Waals surface area contributed by atoms with Crippen molar-refractivity contribution in [1.29, 1.82) is 0 Å². The van der Waals surface area contributed by atoms with Crippen LogP contribution in [0.25, 0.3) is 0 Å². The largest absolute Gasteiger partial charge is 0.325 e. The van der Waals surface area contributed by atoms with Crippen molar-refractivity contribution < 1.29 is 18.1 Å². The molecule has 138 valence electrons. The predicted molar refractivity (Wildman–Crippen MR) is 98.0 cm³/mol. The molecule has 26 heavy (non-hydrogen) atoms. The normalized spacial score (nSPS) is 11.2. The van der Waals surface area contributed by atoms with E-state index in [4.69, 9.17) is 23.2 Å². The number of carbonyl (C=O) groups excluding carboxylic acids is 1. The summed E-state index contributed by atoms with van der Waals surface area (Å²) in [7, 11) is -3.88. The summed E-state index contributed by atoms with van der Waals surface area (Å²) in [4.78, 5) is 21.7. The van der Waals surface area contributed by atoms with E-state index in [0.717, 1.165) is 24.3 Å². The van der Waals surface area contributed by atoms with Crippen molar-refractivity contribution in [2.45, 2.75) is 11.3 Å². The molecule has 0 saturated carbocycles. The van der Waals surface area contributed by atoms with Crippen molar-refractivity contribution in [2.75, 3.05) is 11.9 Å². The zero-order valence-electron chi connectivity index (χ0n) is 13.1. The van der Waals surface area contributed by atoms with Gasteiger partial charge in [0.1, 0.15) is 0 Å². The highest BCUT2D eigenvalue weighted by atomic mass is 35.5. The van der Waals surface area contributed by atoms with E-state index in [1.165, 1.54) is 12.1 Å². The van der Waals surface area contributed by atoms with Gasteiger partial charge in [-0.3, -0.25) is 14.9 Å². The topological polar surface area (TPSA) is 118 Å². The van der Waals surface area contributed by atoms with Crippen LogP contribution in [0.4, 0.5) is 11.4 Å². The van der Waals surface area contributed by atoms with Crippen LogP contribution >= 0.6 is 23.2 Å². The van der Waals surface area contributed by atoms with Crippen LogP contribution in [0.2, 0.25) is 10.0 Å². The molecule has 2 aromatic carbocycles. The van der Waals surface area contributed by atoms with Gasteiger partial charge in [0.05, 0.1) is 20.5 Å². The first-order valence-corrected chi connectivity index (χ1v) is 9.42. The maximum Gasteiger partial charge on any atom is 0.269 e. The van der Waals surface area contributed by atoms with Gasteiger partial charge in [0.2, 0.25) is 15.9 Å². The molecule has 0 aromatic heterocycles. The summed E-state index contributed by atoms with van der Waals surface area (Å²) in [6.45, 7) is -0.156. The number of nitrogens with one attached hydrogen (secondary N) is 2. The molecule has 0 saturated heterocycles. The van der Waals surface area contributed by atoms with Gasteiger partial charge in [-0.25, -0.2) is 13.1 Å². The fourth-order valence-corrected chi connectivity index (χ4v) is 3.42. The molecule has 0 radical (unpaired) electrons. The number of hydrogen-bond acceptors (Lipinski definition) is 5. The standard InChI is InChI=1S/C15H13Cl2N3O5S/c16-10-1-6-14(13(17)9-10)19-15(21)7-8-18-26(24,25)12-4-2-11(3-5-12)20(22)23/h1-6,9,18H,7-8H2,(H,19,21). The average molecular weight is 418 g/mol. The van der Waals surface area contributed by atoms with Crippen LogP contribution in [-0.4, -0.2) is 25.8 Å². The number of anilines is 1. The Morgan fingerprint density at radius 1 is 1.12 bits per heavy atom. The first-order valence-electron chi connectivity index (χ1n) is 7.18. The van der Waals surface area contributed by atoms with Crippen molar-refractivity contribution >= 4 is 50.5 Å². The van der Waals surface area contributed by atoms with Crippen LogP contribution in [0.15, 0.2) is 47.4 Å². The molecule has 2 N–H and O–H groups in total. The van der Waals surface area contributed by atoms with E-state index in [9.17, 15) is 23.3 Å². The van der Waals surface area contributed by atoms with Crippen molar-refractivity contribution in [3.63, 3.8) is 0 Å². The van der Waals surface area contributed by atoms with E-state index < -0.39 is 20.9 Å². The fraction of sp³-hybridized carbons (Fsp3) is 0.133. The van der Waals surface area contributed by atoms with Crippen LogP contribution < -0.4 is 10.0 Å². The Morgan fingerprint density at radius 3 is 2.35 bits per heavy atom. The van der Waals surface area contributed by atoms with Gasteiger partial charge < -0.3 is 5.32 Å². The van der Waals surface area contributed by atoms with E-state index >= 15 is 0 Å². The Bertz CT molecular complexity index is 933. The van der Waals surface area contributed by atoms with Crippen LogP contribution in [-0.2, 0) is 14.8 Å². The number of hydrogen-bond donors (Lipinski definition) is 2. The summed E-state index contributed by atoms with van der Waals surface area (Å²) in [5.74, 6) is -0.444. The van der Waals surface area contributed by atoms with Crippen LogP contribution in [0.3, 0.4) is 0 Å². The number of carbonyl (C=O) groups is 1. The quantitative estimate of drug-likeness (QED) is 0.529. The molecule has 0 aliphatic rings. The third-order valence-electron chi connectivity index (χ3n) is 3.21. The maximum atomic E-state index is 12.1. The zero-order valence-corrected chi connectivity index (χ0v) is 15.4. The second-order valence-corrected chi connectivity index (χ2v) is 7.68. The lowest BCUT2D eigenvalue weighted by Crippen LogP contribution is -2.27. The Kier molecular flexibility index (Phi) is 6.54. The molecule has 8 nitrogen and oxygen atoms in total. The SMILES string of the molecule is O=C(CCNS(=O)(=O)c1ccc([N+](=O)[O-])cc1)Nc1ccc(Cl)cc1Cl. The average Bonchev–Trinajstić information content (AvgIpc) is 2.57. The minimum atomic E-state index is -3.88. The van der Waals surface area contributed by atoms with Crippen molar-refractivity contribution in [3.05, 3.63) is 62.6 Å². The number of nitro benzene ring substituents is 1. The Hall–Kier alpha value is -2.20. The molecule has 2 rings (SSSR count). The molecule has 0 aliphatic heterocycles. The number of rotatable bonds is 7. The van der Waals surface area contributed by atoms with E-state index in [1.54, 1.807) is 6.07 Å². The molecule has 0 spiro atoms. The van der Waals surface area contributed by atoms with Gasteiger partial charge in [0, 0.05) is 30.1 Å². The van der Waals surface area contributed by atoms with Crippen LogP contribution in [0, 0.1) is 10.1 Å². The van der Waals surface area contributed by atoms with Crippen LogP contribution in [0.1, 0.15) is 6.42 Å². The summed E-state index contributed by atoms with van der Waals surface area (Å²) in [5.41, 5.74) is 0.141. The molecule has 0 bridgehead atoms. The third-order valence-corrected chi connectivity index (χ3v) is 5.23. The smallest absolute Gasteiger partial charge is 0.269 e. The minimum Gasteiger partial charge on any atom is -0.325 e. The van der Waals surface area contributed by atoms with Gasteiger partial charge in [-0.2, -0.15) is 0 Å². The van der Waals surface area contributed by atoms with Gasteiger partial charge in [-0.15, -0.1) is 0 Å². The Morgan fingerprint density at radius 2 is 1.77 bits per heavy atom. The summed E-state index contributed by atoms with van der Waals surface area (Å²) in [6.07, 6.45) is -0.134. The summed E-state index contributed by atoms with van der Waals surface area (Å²) < 4.78 is 26.4. The van der Waals surface area contributed by atoms with E-state index in [2.05, 4.69) is 10.0 Å². The molecule has 0 aliphatic carbocycles. The van der Waals surface area contributed by atoms with Crippen molar-refractivity contribution in [3.8, 4) is 0 Å². The highest BCUT2D eigenvalue weighted by Crippen LogP contribution is 2.25. The second kappa shape index (κ2) is 8.45. The molecule has 1 amide bonds. The summed E-state index contributed by atoms with van der Waals surface area (Å²) in [5, 5.41) is 13.8. The predicted octanol–water partition coefficient (Wildman–Crippen LogP) is 3.21. The third kappa shape index (κ3) is 5.40. The summed E-state index contributed by atoms with van der Waals surface area (Å²) >= 11 is 11.7. The number of sulfonamides is 1. The van der Waals surface area contributed by atoms with E-state index in [1.807, 2.05) is 0 Å². The first kappa shape index (κ1) is 20.1. The number of halogens is 2. The Balaban J connectivity index is 1.91. The van der Waals surface area contributed by atoms with Gasteiger partial charge in [-0.05, 0) is 30.3 Å². The van der Waals surface area contributed by atoms with Crippen molar-refractivity contribution in [2.24, 2.45) is 0 Å². The molecule has 0 atom stereocenters. The number of nitro groups is 1. The lowest BCUT2D eigenvalue weighted by atomic mass is 10.3. The van der Waals surface area contributed by atoms with E-state index in [0.29, 0.717) is 10.7 Å². The Labute approximate surface area is 159 Å². The van der Waals surface area contributed by atoms with E-state index in [-0.39, 0.29) is 28.6 Å². The molecule has 0 heterocycles. The minimum absolute atomic E-state index is 0.134. The van der Waals surface area contributed by atoms with Gasteiger partial charge in [-0.1, -0.05) is 23.2 Å². The lowest BCUT2D eigenvalue weighted by Gasteiger charge is -2.09. The number of non-ortho nitro benzene ring substituents is 1. The van der Waals surface area contributed by atoms with Gasteiger partial charge in [0.25, 0.3) is 5.69 Å². The monoisotopic (exact) mass is 417 g/mol. The second-order valence-electron chi connectivity index (χ2n) is 5.07. The zero-order chi connectivity index (χ0) is 19.3. The molecular weight excluding hydrogens is 405 g/mol. The molecular formula is C15H13Cl2N3O5S. The van der Waals surface area contributed by atoms with Gasteiger partial charge in [0.15, 0.2) is 0 Å². The number of amides is 1. The molecule has 0 fully saturated rings. The van der Waals surface area contributed by atoms with Gasteiger partial charge >= 0.3 is 0 Å².